The first-order valence-corrected chi connectivity index (χ1v) is 12.5. The third kappa shape index (κ3) is 3.20. The third-order valence-corrected chi connectivity index (χ3v) is 11.0. The van der Waals surface area contributed by atoms with Crippen LogP contribution in [0.1, 0.15) is 25.7 Å². The molecule has 0 unspecified atom stereocenters. The van der Waals surface area contributed by atoms with Crippen LogP contribution in [-0.2, 0) is 20.0 Å². The Morgan fingerprint density at radius 3 is 1.70 bits per heavy atom. The van der Waals surface area contributed by atoms with Crippen LogP contribution >= 0.6 is 8.22 Å². The predicted octanol–water partition coefficient (Wildman–Crippen LogP) is 1.47. The molecule has 1 heterocycles. The van der Waals surface area contributed by atoms with Crippen LogP contribution in [0.2, 0.25) is 0 Å². The van der Waals surface area contributed by atoms with Gasteiger partial charge >= 0.3 is 0 Å². The SMILES string of the molecule is CS(=O)(=O)N1[C@@H]2CCCC[C@H]2N(S(C)(=O)=O)P1c1ccccc1. The monoisotopic (exact) mass is 376 g/mol. The van der Waals surface area contributed by atoms with E-state index in [0.29, 0.717) is 0 Å². The minimum Gasteiger partial charge on any atom is -0.212 e. The molecule has 3 rings (SSSR count). The lowest BCUT2D eigenvalue weighted by Crippen LogP contribution is -2.42. The standard InChI is InChI=1S/C14H21N2O4PS2/c1-22(17,18)15-13-10-6-7-11-14(13)16(23(2,19)20)21(15)12-8-4-3-5-9-12/h3-5,8-9,13-14H,6-7,10-11H2,1-2H3/t13-,14-/m1/s1. The van der Waals surface area contributed by atoms with Gasteiger partial charge in [-0.15, -0.1) is 0 Å². The summed E-state index contributed by atoms with van der Waals surface area (Å²) in [6.07, 6.45) is 5.67. The van der Waals surface area contributed by atoms with Crippen molar-refractivity contribution in [1.29, 1.82) is 0 Å². The molecule has 1 saturated carbocycles. The minimum absolute atomic E-state index is 0.250. The fraction of sp³-hybridized carbons (Fsp3) is 0.571. The van der Waals surface area contributed by atoms with Crippen molar-refractivity contribution < 1.29 is 16.8 Å². The van der Waals surface area contributed by atoms with Crippen LogP contribution in [0.4, 0.5) is 0 Å². The Labute approximate surface area is 139 Å². The van der Waals surface area contributed by atoms with Gasteiger partial charge in [-0.3, -0.25) is 0 Å². The van der Waals surface area contributed by atoms with E-state index in [9.17, 15) is 16.8 Å². The van der Waals surface area contributed by atoms with Gasteiger partial charge in [-0.1, -0.05) is 43.2 Å². The van der Waals surface area contributed by atoms with Gasteiger partial charge in [0.1, 0.15) is 8.22 Å². The molecule has 0 aromatic heterocycles. The summed E-state index contributed by atoms with van der Waals surface area (Å²) in [6, 6.07) is 8.62. The van der Waals surface area contributed by atoms with Crippen LogP contribution in [0, 0.1) is 0 Å². The number of rotatable bonds is 3. The highest BCUT2D eigenvalue weighted by molar-refractivity contribution is 7.99. The van der Waals surface area contributed by atoms with Crippen molar-refractivity contribution in [2.75, 3.05) is 12.5 Å². The van der Waals surface area contributed by atoms with Crippen LogP contribution in [0.5, 0.6) is 0 Å². The van der Waals surface area contributed by atoms with E-state index in [2.05, 4.69) is 0 Å². The van der Waals surface area contributed by atoms with Crippen molar-refractivity contribution in [2.24, 2.45) is 0 Å². The van der Waals surface area contributed by atoms with E-state index < -0.39 is 28.3 Å². The summed E-state index contributed by atoms with van der Waals surface area (Å²) in [5, 5.41) is 0.757. The lowest BCUT2D eigenvalue weighted by Gasteiger charge is -2.30. The Morgan fingerprint density at radius 2 is 1.30 bits per heavy atom. The maximum absolute atomic E-state index is 12.5. The summed E-state index contributed by atoms with van der Waals surface area (Å²) in [6.45, 7) is 0. The molecule has 2 fully saturated rings. The van der Waals surface area contributed by atoms with Gasteiger partial charge in [-0.05, 0) is 12.8 Å². The number of hydrogen-bond acceptors (Lipinski definition) is 4. The lowest BCUT2D eigenvalue weighted by atomic mass is 9.92. The highest BCUT2D eigenvalue weighted by atomic mass is 32.2. The number of sulfonamides is 2. The van der Waals surface area contributed by atoms with Crippen LogP contribution in [0.25, 0.3) is 0 Å². The summed E-state index contributed by atoms with van der Waals surface area (Å²) in [5.74, 6) is 0. The van der Waals surface area contributed by atoms with Crippen LogP contribution < -0.4 is 5.30 Å². The maximum atomic E-state index is 12.5. The summed E-state index contributed by atoms with van der Waals surface area (Å²) in [4.78, 5) is 0. The van der Waals surface area contributed by atoms with E-state index in [1.807, 2.05) is 30.3 Å². The second-order valence-corrected chi connectivity index (χ2v) is 12.3. The summed E-state index contributed by atoms with van der Waals surface area (Å²) in [5.41, 5.74) is 0. The molecule has 2 aliphatic rings. The van der Waals surface area contributed by atoms with Gasteiger partial charge in [0.2, 0.25) is 20.0 Å². The van der Waals surface area contributed by atoms with Crippen molar-refractivity contribution in [3.8, 4) is 0 Å². The second kappa shape index (κ2) is 6.08. The average Bonchev–Trinajstić information content (AvgIpc) is 2.83. The van der Waals surface area contributed by atoms with E-state index in [1.54, 1.807) is 0 Å². The third-order valence-electron chi connectivity index (χ3n) is 4.30. The molecule has 0 N–H and O–H groups in total. The molecule has 0 radical (unpaired) electrons. The summed E-state index contributed by atoms with van der Waals surface area (Å²) in [7, 11) is -8.62. The van der Waals surface area contributed by atoms with E-state index in [4.69, 9.17) is 0 Å². The molecule has 0 amide bonds. The van der Waals surface area contributed by atoms with Crippen molar-refractivity contribution in [3.63, 3.8) is 0 Å². The smallest absolute Gasteiger partial charge is 0.212 e. The molecule has 128 valence electrons. The van der Waals surface area contributed by atoms with Crippen LogP contribution in [-0.4, -0.2) is 49.6 Å². The zero-order valence-corrected chi connectivity index (χ0v) is 15.7. The highest BCUT2D eigenvalue weighted by Crippen LogP contribution is 2.58. The minimum atomic E-state index is -3.51. The van der Waals surface area contributed by atoms with Gasteiger partial charge in [0.15, 0.2) is 0 Å². The molecular weight excluding hydrogens is 355 g/mol. The first kappa shape index (κ1) is 17.3. The van der Waals surface area contributed by atoms with Crippen molar-refractivity contribution >= 4 is 33.6 Å². The van der Waals surface area contributed by atoms with Crippen molar-refractivity contribution in [2.45, 2.75) is 37.8 Å². The molecule has 1 aliphatic heterocycles. The predicted molar refractivity (Wildman–Crippen MR) is 92.4 cm³/mol. The Morgan fingerprint density at radius 1 is 0.870 bits per heavy atom. The fourth-order valence-electron chi connectivity index (χ4n) is 3.54. The quantitative estimate of drug-likeness (QED) is 0.749. The van der Waals surface area contributed by atoms with Gasteiger partial charge in [0.05, 0.1) is 12.5 Å². The van der Waals surface area contributed by atoms with Gasteiger partial charge in [0.25, 0.3) is 0 Å². The number of nitrogens with zero attached hydrogens (tertiary/aromatic N) is 2. The molecule has 6 nitrogen and oxygen atoms in total. The van der Waals surface area contributed by atoms with Gasteiger partial charge < -0.3 is 0 Å². The Hall–Kier alpha value is -0.530. The first-order valence-electron chi connectivity index (χ1n) is 7.55. The zero-order chi connectivity index (χ0) is 16.8. The molecule has 1 aromatic carbocycles. The fourth-order valence-corrected chi connectivity index (χ4v) is 10.6. The van der Waals surface area contributed by atoms with E-state index in [0.717, 1.165) is 31.0 Å². The second-order valence-electron chi connectivity index (χ2n) is 6.12. The largest absolute Gasteiger partial charge is 0.216 e. The van der Waals surface area contributed by atoms with Crippen LogP contribution in [0.15, 0.2) is 30.3 Å². The van der Waals surface area contributed by atoms with Gasteiger partial charge in [0, 0.05) is 17.4 Å². The zero-order valence-electron chi connectivity index (χ0n) is 13.2. The summed E-state index contributed by atoms with van der Waals surface area (Å²) < 4.78 is 52.8. The van der Waals surface area contributed by atoms with Crippen molar-refractivity contribution in [3.05, 3.63) is 30.3 Å². The lowest BCUT2D eigenvalue weighted by molar-refractivity contribution is 0.280. The molecule has 23 heavy (non-hydrogen) atoms. The summed E-state index contributed by atoms with van der Waals surface area (Å²) >= 11 is 0. The Bertz CT molecular complexity index is 734. The Kier molecular flexibility index (Phi) is 4.57. The van der Waals surface area contributed by atoms with E-state index in [1.165, 1.54) is 20.7 Å². The Balaban J connectivity index is 2.20. The van der Waals surface area contributed by atoms with Gasteiger partial charge in [-0.2, -0.15) is 8.15 Å². The molecule has 9 heteroatoms. The van der Waals surface area contributed by atoms with E-state index in [-0.39, 0.29) is 12.1 Å². The first-order chi connectivity index (χ1) is 10.7. The number of fused-ring (bicyclic) bond motifs is 1. The molecule has 1 saturated heterocycles. The molecule has 0 spiro atoms. The number of hydrogen-bond donors (Lipinski definition) is 0. The molecule has 1 aliphatic carbocycles. The average molecular weight is 376 g/mol. The van der Waals surface area contributed by atoms with Gasteiger partial charge in [-0.25, -0.2) is 16.8 Å². The normalized spacial score (nSPS) is 27.9. The number of benzene rings is 1. The van der Waals surface area contributed by atoms with Crippen LogP contribution in [0.3, 0.4) is 0 Å². The molecule has 2 atom stereocenters. The molecule has 1 aromatic rings. The molecule has 0 bridgehead atoms. The molecular formula is C14H21N2O4PS2. The van der Waals surface area contributed by atoms with E-state index >= 15 is 0 Å². The highest BCUT2D eigenvalue weighted by Gasteiger charge is 2.55. The topological polar surface area (TPSA) is 74.8 Å². The maximum Gasteiger partial charge on any atom is 0.216 e. The van der Waals surface area contributed by atoms with Crippen molar-refractivity contribution in [1.82, 2.24) is 8.15 Å².